The fourth-order valence-corrected chi connectivity index (χ4v) is 2.72. The van der Waals surface area contributed by atoms with E-state index in [4.69, 9.17) is 17.3 Å². The Morgan fingerprint density at radius 1 is 1.14 bits per heavy atom. The van der Waals surface area contributed by atoms with E-state index in [-0.39, 0.29) is 6.17 Å². The minimum Gasteiger partial charge on any atom is -0.399 e. The summed E-state index contributed by atoms with van der Waals surface area (Å²) < 4.78 is 0. The first kappa shape index (κ1) is 14.5. The van der Waals surface area contributed by atoms with Gasteiger partial charge in [0.05, 0.1) is 5.70 Å². The third kappa shape index (κ3) is 2.53. The molecule has 0 saturated carbocycles. The molecule has 1 atom stereocenters. The van der Waals surface area contributed by atoms with Crippen LogP contribution in [0.3, 0.4) is 0 Å². The Balaban J connectivity index is 1.96. The highest BCUT2D eigenvalue weighted by Crippen LogP contribution is 2.33. The highest BCUT2D eigenvalue weighted by atomic mass is 35.5. The summed E-state index contributed by atoms with van der Waals surface area (Å²) in [6.45, 7) is 0. The van der Waals surface area contributed by atoms with Crippen LogP contribution in [-0.4, -0.2) is 18.2 Å². The largest absolute Gasteiger partial charge is 0.399 e. The summed E-state index contributed by atoms with van der Waals surface area (Å²) >= 11 is 5.93. The van der Waals surface area contributed by atoms with E-state index in [0.717, 1.165) is 23.1 Å². The number of nitrogens with two attached hydrogens (primary N) is 1. The molecule has 0 aliphatic carbocycles. The Morgan fingerprint density at radius 3 is 2.36 bits per heavy atom. The minimum absolute atomic E-state index is 0.105. The van der Waals surface area contributed by atoms with Crippen LogP contribution in [0.1, 0.15) is 17.3 Å². The van der Waals surface area contributed by atoms with E-state index < -0.39 is 0 Å². The lowest BCUT2D eigenvalue weighted by Crippen LogP contribution is -2.26. The molecule has 2 aromatic carbocycles. The number of nitrogens with one attached hydrogen (secondary N) is 1. The Hall–Kier alpha value is -2.46. The fourth-order valence-electron chi connectivity index (χ4n) is 2.60. The first-order valence-corrected chi connectivity index (χ1v) is 7.28. The van der Waals surface area contributed by atoms with Crippen LogP contribution >= 0.6 is 11.6 Å². The number of rotatable bonds is 3. The van der Waals surface area contributed by atoms with Crippen molar-refractivity contribution in [2.75, 3.05) is 12.8 Å². The standard InChI is InChI=1S/C17H16ClN3O/c1-21-15(10-22)16(11-2-6-13(18)7-3-11)20-17(21)12-4-8-14(19)9-5-12/h2-10,17,20H,19H2,1H3. The first-order valence-electron chi connectivity index (χ1n) is 6.90. The lowest BCUT2D eigenvalue weighted by Gasteiger charge is -2.23. The second-order valence-corrected chi connectivity index (χ2v) is 5.65. The Morgan fingerprint density at radius 2 is 1.77 bits per heavy atom. The fraction of sp³-hybridized carbons (Fsp3) is 0.118. The predicted molar refractivity (Wildman–Crippen MR) is 88.9 cm³/mol. The SMILES string of the molecule is CN1C(C=O)=C(c2ccc(Cl)cc2)NC1c1ccc(N)cc1. The number of likely N-dealkylation sites (N-methyl/N-ethyl adjacent to an activating group) is 1. The van der Waals surface area contributed by atoms with Crippen LogP contribution in [-0.2, 0) is 4.79 Å². The van der Waals surface area contributed by atoms with Crippen molar-refractivity contribution in [3.63, 3.8) is 0 Å². The zero-order valence-electron chi connectivity index (χ0n) is 12.1. The molecule has 112 valence electrons. The molecule has 3 rings (SSSR count). The molecule has 1 aliphatic rings. The maximum atomic E-state index is 11.5. The van der Waals surface area contributed by atoms with Gasteiger partial charge in [-0.1, -0.05) is 35.9 Å². The Bertz CT molecular complexity index is 723. The van der Waals surface area contributed by atoms with Gasteiger partial charge in [-0.05, 0) is 29.8 Å². The van der Waals surface area contributed by atoms with Gasteiger partial charge in [-0.15, -0.1) is 0 Å². The van der Waals surface area contributed by atoms with Crippen molar-refractivity contribution in [1.29, 1.82) is 0 Å². The molecule has 3 N–H and O–H groups in total. The summed E-state index contributed by atoms with van der Waals surface area (Å²) in [5, 5.41) is 4.07. The van der Waals surface area contributed by atoms with Gasteiger partial charge < -0.3 is 16.0 Å². The van der Waals surface area contributed by atoms with Gasteiger partial charge in [0.2, 0.25) is 0 Å². The van der Waals surface area contributed by atoms with Crippen LogP contribution in [0.15, 0.2) is 54.2 Å². The number of allylic oxidation sites excluding steroid dienone is 1. The van der Waals surface area contributed by atoms with Crippen LogP contribution in [0.5, 0.6) is 0 Å². The zero-order chi connectivity index (χ0) is 15.7. The number of halogens is 1. The Kier molecular flexibility index (Phi) is 3.77. The Labute approximate surface area is 134 Å². The topological polar surface area (TPSA) is 58.4 Å². The summed E-state index contributed by atoms with van der Waals surface area (Å²) in [5.74, 6) is 0. The first-order chi connectivity index (χ1) is 10.6. The quantitative estimate of drug-likeness (QED) is 0.675. The average Bonchev–Trinajstić information content (AvgIpc) is 2.85. The van der Waals surface area contributed by atoms with Crippen molar-refractivity contribution < 1.29 is 4.79 Å². The summed E-state index contributed by atoms with van der Waals surface area (Å²) in [7, 11) is 1.89. The molecular formula is C17H16ClN3O. The van der Waals surface area contributed by atoms with Crippen molar-refractivity contribution in [3.8, 4) is 0 Å². The van der Waals surface area contributed by atoms with Crippen molar-refractivity contribution in [3.05, 3.63) is 70.4 Å². The van der Waals surface area contributed by atoms with Crippen molar-refractivity contribution in [2.45, 2.75) is 6.17 Å². The highest BCUT2D eigenvalue weighted by Gasteiger charge is 2.29. The van der Waals surface area contributed by atoms with Gasteiger partial charge in [0.1, 0.15) is 11.9 Å². The molecule has 0 saturated heterocycles. The maximum Gasteiger partial charge on any atom is 0.168 e. The molecule has 0 amide bonds. The summed E-state index contributed by atoms with van der Waals surface area (Å²) in [4.78, 5) is 13.4. The smallest absolute Gasteiger partial charge is 0.168 e. The highest BCUT2D eigenvalue weighted by molar-refractivity contribution is 6.30. The lowest BCUT2D eigenvalue weighted by molar-refractivity contribution is -0.106. The van der Waals surface area contributed by atoms with Crippen LogP contribution in [0.4, 0.5) is 5.69 Å². The van der Waals surface area contributed by atoms with Gasteiger partial charge in [-0.3, -0.25) is 4.79 Å². The van der Waals surface area contributed by atoms with Crippen LogP contribution in [0, 0.1) is 0 Å². The lowest BCUT2D eigenvalue weighted by atomic mass is 10.1. The molecule has 0 bridgehead atoms. The third-order valence-corrected chi connectivity index (χ3v) is 4.05. The van der Waals surface area contributed by atoms with Gasteiger partial charge in [0.25, 0.3) is 0 Å². The minimum atomic E-state index is -0.105. The molecular weight excluding hydrogens is 298 g/mol. The van der Waals surface area contributed by atoms with Crippen LogP contribution < -0.4 is 11.1 Å². The molecule has 0 aromatic heterocycles. The number of benzene rings is 2. The number of nitrogens with zero attached hydrogens (tertiary/aromatic N) is 1. The number of hydrogen-bond acceptors (Lipinski definition) is 4. The molecule has 22 heavy (non-hydrogen) atoms. The van der Waals surface area contributed by atoms with Gasteiger partial charge in [-0.25, -0.2) is 0 Å². The summed E-state index contributed by atoms with van der Waals surface area (Å²) in [6.07, 6.45) is 0.764. The number of carbonyl (C=O) groups is 1. The maximum absolute atomic E-state index is 11.5. The molecule has 0 fully saturated rings. The van der Waals surface area contributed by atoms with E-state index in [2.05, 4.69) is 5.32 Å². The van der Waals surface area contributed by atoms with Gasteiger partial charge in [-0.2, -0.15) is 0 Å². The van der Waals surface area contributed by atoms with Crippen molar-refractivity contribution in [1.82, 2.24) is 10.2 Å². The van der Waals surface area contributed by atoms with E-state index in [9.17, 15) is 4.79 Å². The number of anilines is 1. The molecule has 2 aromatic rings. The van der Waals surface area contributed by atoms with Crippen molar-refractivity contribution in [2.24, 2.45) is 0 Å². The van der Waals surface area contributed by atoms with Crippen molar-refractivity contribution >= 4 is 29.3 Å². The summed E-state index contributed by atoms with van der Waals surface area (Å²) in [5.41, 5.74) is 9.83. The van der Waals surface area contributed by atoms with Gasteiger partial charge in [0, 0.05) is 23.3 Å². The van der Waals surface area contributed by atoms with E-state index in [1.807, 2.05) is 60.5 Å². The molecule has 4 nitrogen and oxygen atoms in total. The average molecular weight is 314 g/mol. The number of carbonyl (C=O) groups excluding carboxylic acids is 1. The molecule has 1 heterocycles. The number of nitrogen functional groups attached to an aromatic ring is 1. The zero-order valence-corrected chi connectivity index (χ0v) is 12.8. The molecule has 5 heteroatoms. The van der Waals surface area contributed by atoms with E-state index in [1.54, 1.807) is 0 Å². The third-order valence-electron chi connectivity index (χ3n) is 3.80. The second kappa shape index (κ2) is 5.73. The van der Waals surface area contributed by atoms with E-state index in [1.165, 1.54) is 0 Å². The number of hydrogen-bond donors (Lipinski definition) is 2. The second-order valence-electron chi connectivity index (χ2n) is 5.21. The molecule has 0 spiro atoms. The normalized spacial score (nSPS) is 17.5. The molecule has 1 unspecified atom stereocenters. The van der Waals surface area contributed by atoms with E-state index in [0.29, 0.717) is 16.4 Å². The predicted octanol–water partition coefficient (Wildman–Crippen LogP) is 3.02. The monoisotopic (exact) mass is 313 g/mol. The summed E-state index contributed by atoms with van der Waals surface area (Å²) in [6, 6.07) is 15.0. The van der Waals surface area contributed by atoms with Gasteiger partial charge in [0.15, 0.2) is 6.29 Å². The van der Waals surface area contributed by atoms with Crippen LogP contribution in [0.25, 0.3) is 5.70 Å². The molecule has 1 aliphatic heterocycles. The molecule has 0 radical (unpaired) electrons. The van der Waals surface area contributed by atoms with E-state index >= 15 is 0 Å². The van der Waals surface area contributed by atoms with Crippen LogP contribution in [0.2, 0.25) is 5.02 Å². The number of aldehydes is 1. The van der Waals surface area contributed by atoms with Gasteiger partial charge >= 0.3 is 0 Å².